The molecule has 0 aliphatic rings. The number of hydrogen-bond donors (Lipinski definition) is 1. The lowest BCUT2D eigenvalue weighted by Gasteiger charge is -2.14. The van der Waals surface area contributed by atoms with Gasteiger partial charge in [0.1, 0.15) is 5.82 Å². The SMILES string of the molecule is CCC(CC)Nc1ccc(Br)cn1. The highest BCUT2D eigenvalue weighted by molar-refractivity contribution is 9.10. The molecule has 72 valence electrons. The van der Waals surface area contributed by atoms with Crippen LogP contribution >= 0.6 is 15.9 Å². The van der Waals surface area contributed by atoms with Crippen molar-refractivity contribution in [1.82, 2.24) is 4.98 Å². The van der Waals surface area contributed by atoms with E-state index in [9.17, 15) is 0 Å². The average molecular weight is 243 g/mol. The van der Waals surface area contributed by atoms with Gasteiger partial charge in [-0.3, -0.25) is 0 Å². The van der Waals surface area contributed by atoms with E-state index in [2.05, 4.69) is 40.1 Å². The summed E-state index contributed by atoms with van der Waals surface area (Å²) in [5, 5.41) is 3.37. The van der Waals surface area contributed by atoms with E-state index in [0.717, 1.165) is 23.1 Å². The number of aromatic nitrogens is 1. The van der Waals surface area contributed by atoms with E-state index in [0.29, 0.717) is 6.04 Å². The Morgan fingerprint density at radius 1 is 1.38 bits per heavy atom. The summed E-state index contributed by atoms with van der Waals surface area (Å²) >= 11 is 3.36. The third kappa shape index (κ3) is 3.35. The molecule has 3 heteroatoms. The molecule has 0 aliphatic carbocycles. The minimum Gasteiger partial charge on any atom is -0.367 e. The van der Waals surface area contributed by atoms with Crippen LogP contribution in [0, 0.1) is 0 Å². The number of nitrogens with zero attached hydrogens (tertiary/aromatic N) is 1. The van der Waals surface area contributed by atoms with E-state index in [-0.39, 0.29) is 0 Å². The van der Waals surface area contributed by atoms with Gasteiger partial charge in [-0.15, -0.1) is 0 Å². The minimum atomic E-state index is 0.536. The van der Waals surface area contributed by atoms with Gasteiger partial charge in [0, 0.05) is 16.7 Å². The fourth-order valence-corrected chi connectivity index (χ4v) is 1.40. The maximum atomic E-state index is 4.26. The first-order valence-corrected chi connectivity index (χ1v) is 5.43. The van der Waals surface area contributed by atoms with E-state index >= 15 is 0 Å². The Bertz CT molecular complexity index is 242. The van der Waals surface area contributed by atoms with E-state index in [1.165, 1.54) is 0 Å². The van der Waals surface area contributed by atoms with Crippen LogP contribution in [-0.4, -0.2) is 11.0 Å². The molecule has 0 atom stereocenters. The molecule has 0 saturated carbocycles. The van der Waals surface area contributed by atoms with Gasteiger partial charge in [0.05, 0.1) is 0 Å². The summed E-state index contributed by atoms with van der Waals surface area (Å²) < 4.78 is 1.02. The average Bonchev–Trinajstić information content (AvgIpc) is 2.17. The van der Waals surface area contributed by atoms with Gasteiger partial charge in [-0.25, -0.2) is 4.98 Å². The summed E-state index contributed by atoms with van der Waals surface area (Å²) in [6, 6.07) is 4.52. The second kappa shape index (κ2) is 5.22. The zero-order chi connectivity index (χ0) is 9.68. The van der Waals surface area contributed by atoms with E-state index in [1.54, 1.807) is 0 Å². The molecule has 0 amide bonds. The highest BCUT2D eigenvalue weighted by Crippen LogP contribution is 2.12. The Morgan fingerprint density at radius 2 is 2.08 bits per heavy atom. The van der Waals surface area contributed by atoms with Crippen molar-refractivity contribution < 1.29 is 0 Å². The molecule has 13 heavy (non-hydrogen) atoms. The van der Waals surface area contributed by atoms with Crippen LogP contribution in [0.1, 0.15) is 26.7 Å². The van der Waals surface area contributed by atoms with Crippen LogP contribution in [0.5, 0.6) is 0 Å². The van der Waals surface area contributed by atoms with E-state index < -0.39 is 0 Å². The zero-order valence-electron chi connectivity index (χ0n) is 8.05. The van der Waals surface area contributed by atoms with Crippen molar-refractivity contribution in [1.29, 1.82) is 0 Å². The summed E-state index contributed by atoms with van der Waals surface area (Å²) in [4.78, 5) is 4.26. The maximum absolute atomic E-state index is 4.26. The molecular formula is C10H15BrN2. The van der Waals surface area contributed by atoms with Gasteiger partial charge in [-0.2, -0.15) is 0 Å². The molecular weight excluding hydrogens is 228 g/mol. The van der Waals surface area contributed by atoms with E-state index in [4.69, 9.17) is 0 Å². The Labute approximate surface area is 87.9 Å². The molecule has 1 heterocycles. The molecule has 0 fully saturated rings. The number of hydrogen-bond acceptors (Lipinski definition) is 2. The fourth-order valence-electron chi connectivity index (χ4n) is 1.16. The van der Waals surface area contributed by atoms with Crippen LogP contribution in [0.15, 0.2) is 22.8 Å². The molecule has 1 N–H and O–H groups in total. The van der Waals surface area contributed by atoms with Crippen LogP contribution in [-0.2, 0) is 0 Å². The van der Waals surface area contributed by atoms with Crippen molar-refractivity contribution in [2.45, 2.75) is 32.7 Å². The minimum absolute atomic E-state index is 0.536. The standard InChI is InChI=1S/C10H15BrN2/c1-3-9(4-2)13-10-6-5-8(11)7-12-10/h5-7,9H,3-4H2,1-2H3,(H,12,13). The molecule has 1 aromatic heterocycles. The first kappa shape index (κ1) is 10.5. The molecule has 0 bridgehead atoms. The summed E-state index contributed by atoms with van der Waals surface area (Å²) in [5.74, 6) is 0.955. The first-order chi connectivity index (χ1) is 6.26. The lowest BCUT2D eigenvalue weighted by atomic mass is 10.2. The quantitative estimate of drug-likeness (QED) is 0.876. The van der Waals surface area contributed by atoms with Crippen molar-refractivity contribution in [3.63, 3.8) is 0 Å². The summed E-state index contributed by atoms with van der Waals surface area (Å²) in [6.07, 6.45) is 4.08. The summed E-state index contributed by atoms with van der Waals surface area (Å²) in [7, 11) is 0. The zero-order valence-corrected chi connectivity index (χ0v) is 9.63. The molecule has 0 unspecified atom stereocenters. The second-order valence-corrected chi connectivity index (χ2v) is 3.94. The van der Waals surface area contributed by atoms with Crippen LogP contribution < -0.4 is 5.32 Å². The maximum Gasteiger partial charge on any atom is 0.126 e. The topological polar surface area (TPSA) is 24.9 Å². The summed E-state index contributed by atoms with van der Waals surface area (Å²) in [6.45, 7) is 4.36. The second-order valence-electron chi connectivity index (χ2n) is 3.02. The van der Waals surface area contributed by atoms with Gasteiger partial charge in [0.25, 0.3) is 0 Å². The predicted octanol–water partition coefficient (Wildman–Crippen LogP) is 3.44. The van der Waals surface area contributed by atoms with Crippen molar-refractivity contribution in [3.05, 3.63) is 22.8 Å². The Hall–Kier alpha value is -0.570. The smallest absolute Gasteiger partial charge is 0.126 e. The van der Waals surface area contributed by atoms with Crippen molar-refractivity contribution in [2.75, 3.05) is 5.32 Å². The predicted molar refractivity (Wildman–Crippen MR) is 59.9 cm³/mol. The number of rotatable bonds is 4. The van der Waals surface area contributed by atoms with Gasteiger partial charge in [0.15, 0.2) is 0 Å². The van der Waals surface area contributed by atoms with Crippen LogP contribution in [0.4, 0.5) is 5.82 Å². The van der Waals surface area contributed by atoms with Crippen LogP contribution in [0.25, 0.3) is 0 Å². The van der Waals surface area contributed by atoms with Crippen LogP contribution in [0.2, 0.25) is 0 Å². The van der Waals surface area contributed by atoms with Gasteiger partial charge in [-0.05, 0) is 40.9 Å². The highest BCUT2D eigenvalue weighted by Gasteiger charge is 2.02. The van der Waals surface area contributed by atoms with Gasteiger partial charge < -0.3 is 5.32 Å². The molecule has 0 saturated heterocycles. The molecule has 2 nitrogen and oxygen atoms in total. The molecule has 0 aliphatic heterocycles. The van der Waals surface area contributed by atoms with Crippen molar-refractivity contribution in [2.24, 2.45) is 0 Å². The highest BCUT2D eigenvalue weighted by atomic mass is 79.9. The molecule has 1 aromatic rings. The lowest BCUT2D eigenvalue weighted by molar-refractivity contribution is 0.668. The molecule has 0 aromatic carbocycles. The molecule has 1 rings (SSSR count). The molecule has 0 radical (unpaired) electrons. The molecule has 0 spiro atoms. The van der Waals surface area contributed by atoms with Crippen molar-refractivity contribution >= 4 is 21.7 Å². The number of nitrogens with one attached hydrogen (secondary N) is 1. The number of anilines is 1. The van der Waals surface area contributed by atoms with Gasteiger partial charge in [-0.1, -0.05) is 13.8 Å². The Morgan fingerprint density at radius 3 is 2.54 bits per heavy atom. The Balaban J connectivity index is 2.58. The monoisotopic (exact) mass is 242 g/mol. The lowest BCUT2D eigenvalue weighted by Crippen LogP contribution is -2.17. The van der Waals surface area contributed by atoms with Crippen LogP contribution in [0.3, 0.4) is 0 Å². The number of pyridine rings is 1. The third-order valence-electron chi connectivity index (χ3n) is 2.06. The fraction of sp³-hybridized carbons (Fsp3) is 0.500. The van der Waals surface area contributed by atoms with Crippen molar-refractivity contribution in [3.8, 4) is 0 Å². The Kier molecular flexibility index (Phi) is 4.22. The third-order valence-corrected chi connectivity index (χ3v) is 2.53. The normalized spacial score (nSPS) is 10.5. The van der Waals surface area contributed by atoms with Gasteiger partial charge in [0.2, 0.25) is 0 Å². The summed E-state index contributed by atoms with van der Waals surface area (Å²) in [5.41, 5.74) is 0. The van der Waals surface area contributed by atoms with E-state index in [1.807, 2.05) is 18.3 Å². The largest absolute Gasteiger partial charge is 0.367 e. The number of halogens is 1. The first-order valence-electron chi connectivity index (χ1n) is 4.64. The van der Waals surface area contributed by atoms with Gasteiger partial charge >= 0.3 is 0 Å².